The van der Waals surface area contributed by atoms with E-state index in [0.717, 1.165) is 18.4 Å². The van der Waals surface area contributed by atoms with Crippen LogP contribution in [0.3, 0.4) is 0 Å². The minimum atomic E-state index is -0.235. The van der Waals surface area contributed by atoms with Gasteiger partial charge in [0.2, 0.25) is 5.91 Å². The van der Waals surface area contributed by atoms with Crippen LogP contribution in [-0.2, 0) is 11.3 Å². The van der Waals surface area contributed by atoms with Crippen molar-refractivity contribution in [3.05, 3.63) is 72.4 Å². The molecule has 31 heavy (non-hydrogen) atoms. The molecule has 1 saturated carbocycles. The molecule has 8 heteroatoms. The van der Waals surface area contributed by atoms with Gasteiger partial charge in [-0.3, -0.25) is 9.59 Å². The van der Waals surface area contributed by atoms with Gasteiger partial charge in [0.25, 0.3) is 5.91 Å². The van der Waals surface area contributed by atoms with Crippen molar-refractivity contribution < 1.29 is 9.59 Å². The summed E-state index contributed by atoms with van der Waals surface area (Å²) in [5, 5.41) is 6.18. The molecule has 3 aromatic rings. The molecule has 2 aromatic heterocycles. The van der Waals surface area contributed by atoms with Crippen molar-refractivity contribution in [1.82, 2.24) is 19.9 Å². The molecule has 1 aliphatic carbocycles. The van der Waals surface area contributed by atoms with Gasteiger partial charge in [-0.1, -0.05) is 30.3 Å². The van der Waals surface area contributed by atoms with Crippen LogP contribution in [0.5, 0.6) is 0 Å². The van der Waals surface area contributed by atoms with E-state index in [1.54, 1.807) is 29.7 Å². The van der Waals surface area contributed by atoms with Crippen LogP contribution in [0.2, 0.25) is 0 Å². The van der Waals surface area contributed by atoms with Crippen LogP contribution < -0.4 is 15.5 Å². The second kappa shape index (κ2) is 8.22. The van der Waals surface area contributed by atoms with Crippen molar-refractivity contribution in [2.24, 2.45) is 5.92 Å². The Morgan fingerprint density at radius 2 is 2.10 bits per heavy atom. The maximum absolute atomic E-state index is 13.2. The molecule has 8 nitrogen and oxygen atoms in total. The highest BCUT2D eigenvalue weighted by atomic mass is 16.2. The summed E-state index contributed by atoms with van der Waals surface area (Å²) in [5.74, 6) is 0.981. The Morgan fingerprint density at radius 1 is 1.26 bits per heavy atom. The molecule has 2 N–H and O–H groups in total. The van der Waals surface area contributed by atoms with E-state index in [1.165, 1.54) is 0 Å². The number of carbonyl (C=O) groups is 2. The lowest BCUT2D eigenvalue weighted by Crippen LogP contribution is -2.41. The highest BCUT2D eigenvalue weighted by Gasteiger charge is 2.32. The first kappa shape index (κ1) is 19.3. The van der Waals surface area contributed by atoms with Gasteiger partial charge in [-0.25, -0.2) is 9.97 Å². The minimum Gasteiger partial charge on any atom is -0.359 e. The fraction of sp³-hybridized carbons (Fsp3) is 0.304. The molecule has 0 spiro atoms. The van der Waals surface area contributed by atoms with E-state index in [0.29, 0.717) is 36.1 Å². The summed E-state index contributed by atoms with van der Waals surface area (Å²) in [6, 6.07) is 11.4. The van der Waals surface area contributed by atoms with Crippen LogP contribution in [-0.4, -0.2) is 39.4 Å². The summed E-state index contributed by atoms with van der Waals surface area (Å²) in [6.07, 6.45) is 9.17. The average molecular weight is 416 g/mol. The first-order chi connectivity index (χ1) is 15.2. The number of rotatable bonds is 7. The summed E-state index contributed by atoms with van der Waals surface area (Å²) in [7, 11) is 0. The van der Waals surface area contributed by atoms with Crippen molar-refractivity contribution in [1.29, 1.82) is 0 Å². The molecule has 3 heterocycles. The largest absolute Gasteiger partial charge is 0.359 e. The monoisotopic (exact) mass is 416 g/mol. The van der Waals surface area contributed by atoms with Gasteiger partial charge < -0.3 is 20.1 Å². The predicted octanol–water partition coefficient (Wildman–Crippen LogP) is 2.62. The summed E-state index contributed by atoms with van der Waals surface area (Å²) in [5.41, 5.74) is 2.12. The molecule has 1 fully saturated rings. The third-order valence-electron chi connectivity index (χ3n) is 5.73. The van der Waals surface area contributed by atoms with Crippen molar-refractivity contribution in [2.45, 2.75) is 25.4 Å². The number of aromatic nitrogens is 3. The van der Waals surface area contributed by atoms with E-state index in [-0.39, 0.29) is 24.4 Å². The van der Waals surface area contributed by atoms with Crippen LogP contribution in [0, 0.1) is 5.92 Å². The van der Waals surface area contributed by atoms with Crippen LogP contribution >= 0.6 is 0 Å². The van der Waals surface area contributed by atoms with Gasteiger partial charge in [0.1, 0.15) is 5.82 Å². The van der Waals surface area contributed by atoms with E-state index in [1.807, 2.05) is 41.1 Å². The lowest BCUT2D eigenvalue weighted by molar-refractivity contribution is -0.117. The maximum atomic E-state index is 13.2. The number of anilines is 2. The van der Waals surface area contributed by atoms with E-state index in [9.17, 15) is 9.59 Å². The molecule has 1 unspecified atom stereocenters. The average Bonchev–Trinajstić information content (AvgIpc) is 3.48. The molecule has 1 aromatic carbocycles. The van der Waals surface area contributed by atoms with E-state index >= 15 is 0 Å². The molecule has 0 radical (unpaired) electrons. The molecular weight excluding hydrogens is 392 g/mol. The SMILES string of the molecule is O=C(NC(Cn1ccnc1)c1ccccc1)c1cnc2c(c1)N(CC1CC1)C(=O)CN2. The summed E-state index contributed by atoms with van der Waals surface area (Å²) in [4.78, 5) is 35.9. The zero-order valence-electron chi connectivity index (χ0n) is 17.1. The topological polar surface area (TPSA) is 92.2 Å². The van der Waals surface area contributed by atoms with Gasteiger partial charge in [0.15, 0.2) is 0 Å². The number of imidazole rings is 1. The van der Waals surface area contributed by atoms with Crippen molar-refractivity contribution in [3.8, 4) is 0 Å². The number of nitrogens with zero attached hydrogens (tertiary/aromatic N) is 4. The van der Waals surface area contributed by atoms with E-state index in [2.05, 4.69) is 20.6 Å². The molecule has 1 atom stereocenters. The summed E-state index contributed by atoms with van der Waals surface area (Å²) >= 11 is 0. The number of benzene rings is 1. The maximum Gasteiger partial charge on any atom is 0.253 e. The third kappa shape index (κ3) is 4.28. The third-order valence-corrected chi connectivity index (χ3v) is 5.73. The van der Waals surface area contributed by atoms with Gasteiger partial charge in [-0.2, -0.15) is 0 Å². The Hall–Kier alpha value is -3.68. The summed E-state index contributed by atoms with van der Waals surface area (Å²) in [6.45, 7) is 1.48. The van der Waals surface area contributed by atoms with Gasteiger partial charge in [0, 0.05) is 31.7 Å². The Bertz CT molecular complexity index is 1080. The number of fused-ring (bicyclic) bond motifs is 1. The molecule has 158 valence electrons. The van der Waals surface area contributed by atoms with Crippen LogP contribution in [0.15, 0.2) is 61.3 Å². The number of hydrogen-bond acceptors (Lipinski definition) is 5. The van der Waals surface area contributed by atoms with Gasteiger partial charge >= 0.3 is 0 Å². The second-order valence-corrected chi connectivity index (χ2v) is 8.09. The minimum absolute atomic E-state index is 0.0148. The van der Waals surface area contributed by atoms with Crippen LogP contribution in [0.1, 0.15) is 34.8 Å². The fourth-order valence-corrected chi connectivity index (χ4v) is 3.83. The molecule has 5 rings (SSSR count). The number of pyridine rings is 1. The number of nitrogens with one attached hydrogen (secondary N) is 2. The molecule has 2 aliphatic rings. The Morgan fingerprint density at radius 3 is 2.84 bits per heavy atom. The number of carbonyl (C=O) groups excluding carboxylic acids is 2. The van der Waals surface area contributed by atoms with Crippen LogP contribution in [0.25, 0.3) is 0 Å². The molecular formula is C23H24N6O2. The lowest BCUT2D eigenvalue weighted by atomic mass is 10.1. The normalized spacial score (nSPS) is 16.4. The zero-order chi connectivity index (χ0) is 21.2. The van der Waals surface area contributed by atoms with Crippen molar-refractivity contribution in [2.75, 3.05) is 23.3 Å². The number of amides is 2. The van der Waals surface area contributed by atoms with E-state index in [4.69, 9.17) is 0 Å². The van der Waals surface area contributed by atoms with Crippen molar-refractivity contribution >= 4 is 23.3 Å². The van der Waals surface area contributed by atoms with Crippen molar-refractivity contribution in [3.63, 3.8) is 0 Å². The molecule has 1 aliphatic heterocycles. The molecule has 0 saturated heterocycles. The first-order valence-corrected chi connectivity index (χ1v) is 10.5. The first-order valence-electron chi connectivity index (χ1n) is 10.5. The Balaban J connectivity index is 1.39. The Kier molecular flexibility index (Phi) is 5.11. The number of hydrogen-bond donors (Lipinski definition) is 2. The Labute approximate surface area is 180 Å². The highest BCUT2D eigenvalue weighted by molar-refractivity contribution is 6.04. The van der Waals surface area contributed by atoms with E-state index < -0.39 is 0 Å². The second-order valence-electron chi connectivity index (χ2n) is 8.09. The van der Waals surface area contributed by atoms with Gasteiger partial charge in [-0.05, 0) is 30.4 Å². The smallest absolute Gasteiger partial charge is 0.253 e. The van der Waals surface area contributed by atoms with Gasteiger partial charge in [-0.15, -0.1) is 0 Å². The standard InChI is InChI=1S/C23H24N6O2/c30-21-12-26-22-20(29(21)13-16-6-7-16)10-18(11-25-22)23(31)27-19(14-28-9-8-24-15-28)17-4-2-1-3-5-17/h1-5,8-11,15-16,19H,6-7,12-14H2,(H,25,26)(H,27,31). The quantitative estimate of drug-likeness (QED) is 0.618. The fourth-order valence-electron chi connectivity index (χ4n) is 3.83. The van der Waals surface area contributed by atoms with Crippen LogP contribution in [0.4, 0.5) is 11.5 Å². The lowest BCUT2D eigenvalue weighted by Gasteiger charge is -2.30. The predicted molar refractivity (Wildman–Crippen MR) is 117 cm³/mol. The summed E-state index contributed by atoms with van der Waals surface area (Å²) < 4.78 is 1.93. The molecule has 2 amide bonds. The zero-order valence-corrected chi connectivity index (χ0v) is 17.1. The molecule has 0 bridgehead atoms. The van der Waals surface area contributed by atoms with Gasteiger partial charge in [0.05, 0.1) is 30.2 Å². The highest BCUT2D eigenvalue weighted by Crippen LogP contribution is 2.35.